The van der Waals surface area contributed by atoms with E-state index in [1.165, 1.54) is 6.07 Å². The smallest absolute Gasteiger partial charge is 0.384 e. The van der Waals surface area contributed by atoms with Gasteiger partial charge in [-0.15, -0.1) is 0 Å². The summed E-state index contributed by atoms with van der Waals surface area (Å²) in [5.41, 5.74) is -1.95. The van der Waals surface area contributed by atoms with E-state index in [4.69, 9.17) is 0 Å². The SMILES string of the molecule is CCN(CC)CCNc1ccc([N+](=O)[O-])c(C(F)(F)F)c1. The molecule has 118 valence electrons. The molecule has 0 fully saturated rings. The Hall–Kier alpha value is -1.83. The third-order valence-electron chi connectivity index (χ3n) is 3.15. The van der Waals surface area contributed by atoms with E-state index in [2.05, 4.69) is 10.2 Å². The van der Waals surface area contributed by atoms with Crippen LogP contribution >= 0.6 is 0 Å². The number of benzene rings is 1. The van der Waals surface area contributed by atoms with E-state index in [0.717, 1.165) is 25.2 Å². The molecule has 0 saturated carbocycles. The van der Waals surface area contributed by atoms with Crippen LogP contribution in [0, 0.1) is 10.1 Å². The molecule has 5 nitrogen and oxygen atoms in total. The van der Waals surface area contributed by atoms with E-state index in [1.54, 1.807) is 0 Å². The molecule has 0 amide bonds. The van der Waals surface area contributed by atoms with Crippen molar-refractivity contribution in [2.75, 3.05) is 31.5 Å². The second-order valence-corrected chi connectivity index (χ2v) is 4.44. The van der Waals surface area contributed by atoms with Gasteiger partial charge in [-0.3, -0.25) is 10.1 Å². The molecule has 0 aliphatic heterocycles. The summed E-state index contributed by atoms with van der Waals surface area (Å²) < 4.78 is 38.4. The topological polar surface area (TPSA) is 58.4 Å². The molecule has 0 bridgehead atoms. The number of hydrogen-bond donors (Lipinski definition) is 1. The molecule has 0 atom stereocenters. The Morgan fingerprint density at radius 2 is 1.90 bits per heavy atom. The molecule has 1 aromatic carbocycles. The van der Waals surface area contributed by atoms with Crippen molar-refractivity contribution < 1.29 is 18.1 Å². The van der Waals surface area contributed by atoms with E-state index in [0.29, 0.717) is 13.1 Å². The minimum absolute atomic E-state index is 0.222. The van der Waals surface area contributed by atoms with Crippen LogP contribution in [0.3, 0.4) is 0 Å². The van der Waals surface area contributed by atoms with Gasteiger partial charge in [0, 0.05) is 24.8 Å². The Balaban J connectivity index is 2.84. The lowest BCUT2D eigenvalue weighted by atomic mass is 10.1. The summed E-state index contributed by atoms with van der Waals surface area (Å²) in [4.78, 5) is 11.7. The van der Waals surface area contributed by atoms with Gasteiger partial charge < -0.3 is 10.2 Å². The third kappa shape index (κ3) is 4.89. The number of nitro benzene ring substituents is 1. The van der Waals surface area contributed by atoms with Gasteiger partial charge in [0.2, 0.25) is 0 Å². The zero-order chi connectivity index (χ0) is 16.0. The molecule has 1 N–H and O–H groups in total. The zero-order valence-electron chi connectivity index (χ0n) is 11.9. The number of halogens is 3. The predicted molar refractivity (Wildman–Crippen MR) is 74.4 cm³/mol. The summed E-state index contributed by atoms with van der Waals surface area (Å²) in [6.07, 6.45) is -4.75. The largest absolute Gasteiger partial charge is 0.423 e. The summed E-state index contributed by atoms with van der Waals surface area (Å²) in [5, 5.41) is 13.5. The number of likely N-dealkylation sites (N-methyl/N-ethyl adjacent to an activating group) is 1. The molecule has 0 aliphatic carbocycles. The van der Waals surface area contributed by atoms with Gasteiger partial charge in [-0.05, 0) is 25.2 Å². The highest BCUT2D eigenvalue weighted by Gasteiger charge is 2.38. The number of nitro groups is 1. The molecule has 0 spiro atoms. The van der Waals surface area contributed by atoms with E-state index in [1.807, 2.05) is 13.8 Å². The second-order valence-electron chi connectivity index (χ2n) is 4.44. The van der Waals surface area contributed by atoms with Crippen molar-refractivity contribution in [1.29, 1.82) is 0 Å². The molecule has 0 radical (unpaired) electrons. The molecule has 0 saturated heterocycles. The van der Waals surface area contributed by atoms with Crippen molar-refractivity contribution >= 4 is 11.4 Å². The highest BCUT2D eigenvalue weighted by atomic mass is 19.4. The van der Waals surface area contributed by atoms with Gasteiger partial charge in [-0.1, -0.05) is 13.8 Å². The lowest BCUT2D eigenvalue weighted by Crippen LogP contribution is -2.28. The van der Waals surface area contributed by atoms with Gasteiger partial charge in [0.05, 0.1) is 4.92 Å². The number of hydrogen-bond acceptors (Lipinski definition) is 4. The Morgan fingerprint density at radius 3 is 2.38 bits per heavy atom. The van der Waals surface area contributed by atoms with Crippen LogP contribution in [-0.4, -0.2) is 36.0 Å². The van der Waals surface area contributed by atoms with Crippen LogP contribution in [0.25, 0.3) is 0 Å². The summed E-state index contributed by atoms with van der Waals surface area (Å²) in [7, 11) is 0. The van der Waals surface area contributed by atoms with Crippen molar-refractivity contribution in [1.82, 2.24) is 4.90 Å². The fourth-order valence-electron chi connectivity index (χ4n) is 1.93. The Morgan fingerprint density at radius 1 is 1.29 bits per heavy atom. The van der Waals surface area contributed by atoms with Gasteiger partial charge in [0.1, 0.15) is 5.56 Å². The molecule has 0 heterocycles. The molecule has 8 heteroatoms. The molecule has 0 unspecified atom stereocenters. The maximum Gasteiger partial charge on any atom is 0.423 e. The van der Waals surface area contributed by atoms with Gasteiger partial charge >= 0.3 is 6.18 Å². The van der Waals surface area contributed by atoms with Crippen molar-refractivity contribution in [2.45, 2.75) is 20.0 Å². The maximum absolute atomic E-state index is 12.8. The van der Waals surface area contributed by atoms with Crippen molar-refractivity contribution in [3.63, 3.8) is 0 Å². The quantitative estimate of drug-likeness (QED) is 0.620. The summed E-state index contributed by atoms with van der Waals surface area (Å²) in [6, 6.07) is 2.94. The number of alkyl halides is 3. The average Bonchev–Trinajstić information content (AvgIpc) is 2.42. The molecule has 1 rings (SSSR count). The van der Waals surface area contributed by atoms with Crippen LogP contribution in [0.1, 0.15) is 19.4 Å². The Labute approximate surface area is 120 Å². The van der Waals surface area contributed by atoms with Crippen LogP contribution in [0.2, 0.25) is 0 Å². The second kappa shape index (κ2) is 7.26. The lowest BCUT2D eigenvalue weighted by Gasteiger charge is -2.18. The van der Waals surface area contributed by atoms with Crippen molar-refractivity contribution in [2.24, 2.45) is 0 Å². The predicted octanol–water partition coefficient (Wildman–Crippen LogP) is 3.37. The fraction of sp³-hybridized carbons (Fsp3) is 0.538. The molecule has 21 heavy (non-hydrogen) atoms. The van der Waals surface area contributed by atoms with Gasteiger partial charge in [0.15, 0.2) is 0 Å². The first-order valence-electron chi connectivity index (χ1n) is 6.61. The van der Waals surface area contributed by atoms with E-state index >= 15 is 0 Å². The first-order valence-corrected chi connectivity index (χ1v) is 6.61. The van der Waals surface area contributed by atoms with Crippen LogP contribution in [0.15, 0.2) is 18.2 Å². The van der Waals surface area contributed by atoms with Gasteiger partial charge in [0.25, 0.3) is 5.69 Å². The minimum Gasteiger partial charge on any atom is -0.384 e. The fourth-order valence-corrected chi connectivity index (χ4v) is 1.93. The Kier molecular flexibility index (Phi) is 5.95. The van der Waals surface area contributed by atoms with Gasteiger partial charge in [-0.2, -0.15) is 13.2 Å². The Bertz CT molecular complexity index is 488. The van der Waals surface area contributed by atoms with Crippen LogP contribution in [0.5, 0.6) is 0 Å². The summed E-state index contributed by atoms with van der Waals surface area (Å²) >= 11 is 0. The van der Waals surface area contributed by atoms with E-state index in [9.17, 15) is 23.3 Å². The van der Waals surface area contributed by atoms with E-state index < -0.39 is 22.4 Å². The maximum atomic E-state index is 12.8. The number of rotatable bonds is 7. The number of nitrogens with one attached hydrogen (secondary N) is 1. The van der Waals surface area contributed by atoms with Crippen molar-refractivity contribution in [3.8, 4) is 0 Å². The minimum atomic E-state index is -4.75. The van der Waals surface area contributed by atoms with Crippen LogP contribution in [0.4, 0.5) is 24.5 Å². The molecule has 0 aliphatic rings. The van der Waals surface area contributed by atoms with Crippen LogP contribution < -0.4 is 5.32 Å². The monoisotopic (exact) mass is 305 g/mol. The number of nitrogens with zero attached hydrogens (tertiary/aromatic N) is 2. The molecular formula is C13H18F3N3O2. The zero-order valence-corrected chi connectivity index (χ0v) is 11.9. The summed E-state index contributed by atoms with van der Waals surface area (Å²) in [5.74, 6) is 0. The van der Waals surface area contributed by atoms with Gasteiger partial charge in [-0.25, -0.2) is 0 Å². The van der Waals surface area contributed by atoms with Crippen LogP contribution in [-0.2, 0) is 6.18 Å². The lowest BCUT2D eigenvalue weighted by molar-refractivity contribution is -0.388. The first kappa shape index (κ1) is 17.2. The van der Waals surface area contributed by atoms with E-state index in [-0.39, 0.29) is 5.69 Å². The standard InChI is InChI=1S/C13H18F3N3O2/c1-3-18(4-2)8-7-17-10-5-6-12(19(20)21)11(9-10)13(14,15)16/h5-6,9,17H,3-4,7-8H2,1-2H3. The summed E-state index contributed by atoms with van der Waals surface area (Å²) in [6.45, 7) is 6.86. The average molecular weight is 305 g/mol. The van der Waals surface area contributed by atoms with Crippen molar-refractivity contribution in [3.05, 3.63) is 33.9 Å². The molecule has 1 aromatic rings. The number of anilines is 1. The highest BCUT2D eigenvalue weighted by Crippen LogP contribution is 2.37. The first-order chi connectivity index (χ1) is 9.79. The highest BCUT2D eigenvalue weighted by molar-refractivity contribution is 5.55. The molecule has 0 aromatic heterocycles. The molecular weight excluding hydrogens is 287 g/mol. The normalized spacial score (nSPS) is 11.7. The third-order valence-corrected chi connectivity index (χ3v) is 3.15.